The fraction of sp³-hybridized carbons (Fsp3) is 0.600. The van der Waals surface area contributed by atoms with Gasteiger partial charge in [-0.2, -0.15) is 0 Å². The van der Waals surface area contributed by atoms with Crippen LogP contribution in [0.4, 0.5) is 0 Å². The predicted molar refractivity (Wildman–Crippen MR) is 102 cm³/mol. The predicted octanol–water partition coefficient (Wildman–Crippen LogP) is 0.713. The van der Waals surface area contributed by atoms with Crippen LogP contribution in [0.3, 0.4) is 0 Å². The molecule has 2 aliphatic heterocycles. The zero-order valence-corrected chi connectivity index (χ0v) is 15.5. The van der Waals surface area contributed by atoms with Crippen LogP contribution < -0.4 is 5.73 Å². The van der Waals surface area contributed by atoms with Crippen LogP contribution in [0, 0.1) is 0 Å². The van der Waals surface area contributed by atoms with E-state index in [9.17, 15) is 9.59 Å². The highest BCUT2D eigenvalue weighted by Crippen LogP contribution is 2.11. The molecule has 6 heteroatoms. The molecule has 2 aliphatic rings. The second-order valence-electron chi connectivity index (χ2n) is 7.34. The van der Waals surface area contributed by atoms with E-state index in [1.165, 1.54) is 6.42 Å². The van der Waals surface area contributed by atoms with Crippen LogP contribution in [0.2, 0.25) is 0 Å². The molecule has 0 radical (unpaired) electrons. The minimum atomic E-state index is -0.501. The summed E-state index contributed by atoms with van der Waals surface area (Å²) < 4.78 is 0. The van der Waals surface area contributed by atoms with Crippen LogP contribution in [-0.4, -0.2) is 78.4 Å². The average molecular weight is 358 g/mol. The number of rotatable bonds is 5. The Morgan fingerprint density at radius 3 is 2.19 bits per heavy atom. The van der Waals surface area contributed by atoms with Gasteiger partial charge in [0.15, 0.2) is 0 Å². The summed E-state index contributed by atoms with van der Waals surface area (Å²) in [5.41, 5.74) is 7.21. The first-order valence-electron chi connectivity index (χ1n) is 9.72. The van der Waals surface area contributed by atoms with Crippen LogP contribution in [0.1, 0.15) is 24.8 Å². The van der Waals surface area contributed by atoms with Crippen molar-refractivity contribution in [3.63, 3.8) is 0 Å². The quantitative estimate of drug-likeness (QED) is 0.842. The molecule has 3 rings (SSSR count). The standard InChI is InChI=1S/C20H30N4O2/c21-18(15-17-7-3-1-4-8-17)20(26)24-13-11-22(12-14-24)16-19(25)23-9-5-2-6-10-23/h1,3-4,7-8,18H,2,5-6,9-16,21H2. The van der Waals surface area contributed by atoms with Gasteiger partial charge in [0, 0.05) is 39.3 Å². The maximum Gasteiger partial charge on any atom is 0.239 e. The minimum absolute atomic E-state index is 0.0101. The van der Waals surface area contributed by atoms with E-state index in [0.29, 0.717) is 26.1 Å². The smallest absolute Gasteiger partial charge is 0.239 e. The summed E-state index contributed by atoms with van der Waals surface area (Å²) in [5, 5.41) is 0. The highest BCUT2D eigenvalue weighted by atomic mass is 16.2. The molecule has 0 aliphatic carbocycles. The molecule has 1 aromatic rings. The zero-order chi connectivity index (χ0) is 18.4. The van der Waals surface area contributed by atoms with Crippen molar-refractivity contribution >= 4 is 11.8 Å². The van der Waals surface area contributed by atoms with Gasteiger partial charge in [0.1, 0.15) is 0 Å². The Hall–Kier alpha value is -1.92. The van der Waals surface area contributed by atoms with Crippen molar-refractivity contribution in [3.05, 3.63) is 35.9 Å². The van der Waals surface area contributed by atoms with Crippen molar-refractivity contribution in [1.82, 2.24) is 14.7 Å². The number of amides is 2. The fourth-order valence-corrected chi connectivity index (χ4v) is 3.75. The molecule has 1 unspecified atom stereocenters. The highest BCUT2D eigenvalue weighted by molar-refractivity contribution is 5.82. The summed E-state index contributed by atoms with van der Waals surface area (Å²) in [7, 11) is 0. The normalized spacial score (nSPS) is 20.0. The van der Waals surface area contributed by atoms with Gasteiger partial charge in [-0.25, -0.2) is 0 Å². The summed E-state index contributed by atoms with van der Waals surface area (Å²) in [6, 6.07) is 9.38. The first kappa shape index (κ1) is 18.9. The number of piperazine rings is 1. The summed E-state index contributed by atoms with van der Waals surface area (Å²) in [4.78, 5) is 30.9. The van der Waals surface area contributed by atoms with Gasteiger partial charge in [-0.3, -0.25) is 14.5 Å². The number of carbonyl (C=O) groups is 2. The number of piperidine rings is 1. The van der Waals surface area contributed by atoms with Crippen LogP contribution >= 0.6 is 0 Å². The maximum atomic E-state index is 12.6. The number of likely N-dealkylation sites (tertiary alicyclic amines) is 1. The highest BCUT2D eigenvalue weighted by Gasteiger charge is 2.27. The van der Waals surface area contributed by atoms with Crippen molar-refractivity contribution in [2.24, 2.45) is 5.73 Å². The number of hydrogen-bond acceptors (Lipinski definition) is 4. The van der Waals surface area contributed by atoms with Gasteiger partial charge < -0.3 is 15.5 Å². The van der Waals surface area contributed by atoms with Crippen LogP contribution in [0.15, 0.2) is 30.3 Å². The molecular formula is C20H30N4O2. The number of nitrogens with zero attached hydrogens (tertiary/aromatic N) is 3. The van der Waals surface area contributed by atoms with E-state index >= 15 is 0 Å². The van der Waals surface area contributed by atoms with Gasteiger partial charge >= 0.3 is 0 Å². The third-order valence-electron chi connectivity index (χ3n) is 5.37. The van der Waals surface area contributed by atoms with E-state index in [-0.39, 0.29) is 11.8 Å². The molecule has 0 spiro atoms. The van der Waals surface area contributed by atoms with Gasteiger partial charge in [-0.1, -0.05) is 30.3 Å². The van der Waals surface area contributed by atoms with Crippen LogP contribution in [0.25, 0.3) is 0 Å². The second kappa shape index (κ2) is 9.14. The van der Waals surface area contributed by atoms with E-state index < -0.39 is 6.04 Å². The first-order chi connectivity index (χ1) is 12.6. The summed E-state index contributed by atoms with van der Waals surface area (Å²) in [5.74, 6) is 0.237. The number of benzene rings is 1. The fourth-order valence-electron chi connectivity index (χ4n) is 3.75. The first-order valence-corrected chi connectivity index (χ1v) is 9.72. The molecular weight excluding hydrogens is 328 g/mol. The Morgan fingerprint density at radius 1 is 0.885 bits per heavy atom. The number of carbonyl (C=O) groups excluding carboxylic acids is 2. The second-order valence-corrected chi connectivity index (χ2v) is 7.34. The molecule has 2 amide bonds. The maximum absolute atomic E-state index is 12.6. The van der Waals surface area contributed by atoms with Crippen molar-refractivity contribution in [3.8, 4) is 0 Å². The van der Waals surface area contributed by atoms with Crippen molar-refractivity contribution in [2.75, 3.05) is 45.8 Å². The molecule has 2 fully saturated rings. The minimum Gasteiger partial charge on any atom is -0.342 e. The zero-order valence-electron chi connectivity index (χ0n) is 15.5. The molecule has 2 saturated heterocycles. The molecule has 1 atom stereocenters. The van der Waals surface area contributed by atoms with Gasteiger partial charge in [-0.15, -0.1) is 0 Å². The molecule has 2 N–H and O–H groups in total. The number of hydrogen-bond donors (Lipinski definition) is 1. The largest absolute Gasteiger partial charge is 0.342 e. The lowest BCUT2D eigenvalue weighted by molar-refractivity contribution is -0.136. The van der Waals surface area contributed by atoms with Gasteiger partial charge in [0.25, 0.3) is 0 Å². The Bertz CT molecular complexity index is 593. The van der Waals surface area contributed by atoms with E-state index in [1.54, 1.807) is 0 Å². The molecule has 142 valence electrons. The summed E-state index contributed by atoms with van der Waals surface area (Å²) in [6.45, 7) is 5.03. The van der Waals surface area contributed by atoms with Crippen LogP contribution in [-0.2, 0) is 16.0 Å². The van der Waals surface area contributed by atoms with Crippen molar-refractivity contribution < 1.29 is 9.59 Å². The van der Waals surface area contributed by atoms with Gasteiger partial charge in [0.05, 0.1) is 12.6 Å². The van der Waals surface area contributed by atoms with Crippen molar-refractivity contribution in [2.45, 2.75) is 31.7 Å². The van der Waals surface area contributed by atoms with E-state index in [0.717, 1.165) is 44.6 Å². The van der Waals surface area contributed by atoms with Crippen LogP contribution in [0.5, 0.6) is 0 Å². The average Bonchev–Trinajstić information content (AvgIpc) is 2.69. The van der Waals surface area contributed by atoms with Gasteiger partial charge in [0.2, 0.25) is 11.8 Å². The Morgan fingerprint density at radius 2 is 1.54 bits per heavy atom. The Balaban J connectivity index is 1.42. The summed E-state index contributed by atoms with van der Waals surface area (Å²) in [6.07, 6.45) is 4.03. The van der Waals surface area contributed by atoms with E-state index in [2.05, 4.69) is 4.90 Å². The monoisotopic (exact) mass is 358 g/mol. The van der Waals surface area contributed by atoms with Crippen molar-refractivity contribution in [1.29, 1.82) is 0 Å². The molecule has 0 aromatic heterocycles. The molecule has 0 bridgehead atoms. The molecule has 6 nitrogen and oxygen atoms in total. The Labute approximate surface area is 155 Å². The lowest BCUT2D eigenvalue weighted by atomic mass is 10.1. The lowest BCUT2D eigenvalue weighted by Gasteiger charge is -2.37. The molecule has 1 aromatic carbocycles. The topological polar surface area (TPSA) is 69.9 Å². The number of nitrogens with two attached hydrogens (primary N) is 1. The van der Waals surface area contributed by atoms with Gasteiger partial charge in [-0.05, 0) is 31.2 Å². The summed E-state index contributed by atoms with van der Waals surface area (Å²) >= 11 is 0. The Kier molecular flexibility index (Phi) is 6.63. The third kappa shape index (κ3) is 5.05. The molecule has 26 heavy (non-hydrogen) atoms. The lowest BCUT2D eigenvalue weighted by Crippen LogP contribution is -2.55. The molecule has 0 saturated carbocycles. The van der Waals surface area contributed by atoms with E-state index in [1.807, 2.05) is 40.1 Å². The SMILES string of the molecule is NC(Cc1ccccc1)C(=O)N1CCN(CC(=O)N2CCCCC2)CC1. The van der Waals surface area contributed by atoms with E-state index in [4.69, 9.17) is 5.73 Å². The third-order valence-corrected chi connectivity index (χ3v) is 5.37. The molecule has 2 heterocycles.